The molecule has 1 unspecified atom stereocenters. The molecule has 1 aromatic carbocycles. The highest BCUT2D eigenvalue weighted by atomic mass is 32.2. The molecule has 1 aliphatic heterocycles. The minimum absolute atomic E-state index is 0.739. The number of benzene rings is 1. The molecule has 10 heteroatoms. The van der Waals surface area contributed by atoms with Gasteiger partial charge in [0.15, 0.2) is 0 Å². The summed E-state index contributed by atoms with van der Waals surface area (Å²) in [5.74, 6) is -0.913. The molecular weight excluding hydrogens is 417 g/mol. The molecule has 0 radical (unpaired) electrons. The number of rotatable bonds is 6. The topological polar surface area (TPSA) is 69.6 Å². The van der Waals surface area contributed by atoms with Crippen molar-refractivity contribution in [2.75, 3.05) is 43.9 Å². The summed E-state index contributed by atoms with van der Waals surface area (Å²) in [7, 11) is 0. The Bertz CT molecular complexity index is 846. The lowest BCUT2D eigenvalue weighted by Gasteiger charge is -2.23. The van der Waals surface area contributed by atoms with Gasteiger partial charge in [0.2, 0.25) is 0 Å². The molecule has 6 nitrogen and oxygen atoms in total. The number of nitrogens with zero attached hydrogens (tertiary/aromatic N) is 4. The van der Waals surface area contributed by atoms with Gasteiger partial charge >= 0.3 is 12.1 Å². The van der Waals surface area contributed by atoms with E-state index in [0.29, 0.717) is 0 Å². The summed E-state index contributed by atoms with van der Waals surface area (Å²) in [6.45, 7) is 10.2. The third-order valence-corrected chi connectivity index (χ3v) is 5.79. The zero-order valence-electron chi connectivity index (χ0n) is 17.3. The number of fused-ring (bicyclic) bond motifs is 1. The summed E-state index contributed by atoms with van der Waals surface area (Å²) >= 11 is 1.77. The second-order valence-electron chi connectivity index (χ2n) is 6.97. The van der Waals surface area contributed by atoms with E-state index in [0.717, 1.165) is 43.4 Å². The lowest BCUT2D eigenvalue weighted by Crippen LogP contribution is -2.31. The SMILES string of the molecule is CCN(CC)CC1CCN(c2ncnc3ccc(SC)cc23)C1.O=C(O)C(F)(F)F. The number of alkyl halides is 3. The van der Waals surface area contributed by atoms with Crippen LogP contribution in [0.2, 0.25) is 0 Å². The van der Waals surface area contributed by atoms with Crippen LogP contribution in [0.3, 0.4) is 0 Å². The predicted molar refractivity (Wildman–Crippen MR) is 113 cm³/mol. The van der Waals surface area contributed by atoms with Crippen LogP contribution in [0.5, 0.6) is 0 Å². The van der Waals surface area contributed by atoms with Crippen LogP contribution in [-0.2, 0) is 4.79 Å². The van der Waals surface area contributed by atoms with Crippen molar-refractivity contribution in [3.05, 3.63) is 24.5 Å². The quantitative estimate of drug-likeness (QED) is 0.671. The third kappa shape index (κ3) is 6.46. The molecule has 166 valence electrons. The smallest absolute Gasteiger partial charge is 0.475 e. The van der Waals surface area contributed by atoms with E-state index in [2.05, 4.69) is 58.1 Å². The Hall–Kier alpha value is -2.07. The molecule has 0 bridgehead atoms. The highest BCUT2D eigenvalue weighted by Gasteiger charge is 2.38. The molecule has 1 fully saturated rings. The zero-order chi connectivity index (χ0) is 22.3. The van der Waals surface area contributed by atoms with E-state index < -0.39 is 12.1 Å². The van der Waals surface area contributed by atoms with Gasteiger partial charge in [0.1, 0.15) is 12.1 Å². The fourth-order valence-electron chi connectivity index (χ4n) is 3.42. The van der Waals surface area contributed by atoms with Crippen molar-refractivity contribution >= 4 is 34.5 Å². The first-order chi connectivity index (χ1) is 14.2. The average molecular weight is 445 g/mol. The zero-order valence-corrected chi connectivity index (χ0v) is 18.1. The molecule has 1 N–H and O–H groups in total. The number of aromatic nitrogens is 2. The molecule has 30 heavy (non-hydrogen) atoms. The molecule has 0 aliphatic carbocycles. The number of hydrogen-bond acceptors (Lipinski definition) is 6. The Morgan fingerprint density at radius 2 is 1.97 bits per heavy atom. The van der Waals surface area contributed by atoms with E-state index in [1.165, 1.54) is 23.2 Å². The minimum Gasteiger partial charge on any atom is -0.475 e. The first kappa shape index (κ1) is 24.2. The predicted octanol–water partition coefficient (Wildman–Crippen LogP) is 4.15. The van der Waals surface area contributed by atoms with E-state index in [1.807, 2.05) is 0 Å². The molecule has 1 saturated heterocycles. The van der Waals surface area contributed by atoms with E-state index in [1.54, 1.807) is 18.1 Å². The standard InChI is InChI=1S/C18H26N4S.C2HF3O2/c1-4-21(5-2)11-14-8-9-22(12-14)18-16-10-15(23-3)6-7-17(16)19-13-20-18;3-2(4,5)1(6)7/h6-7,10,13-14H,4-5,8-9,11-12H2,1-3H3;(H,6,7). The Balaban J connectivity index is 0.000000396. The number of carboxylic acids is 1. The highest BCUT2D eigenvalue weighted by molar-refractivity contribution is 7.98. The van der Waals surface area contributed by atoms with Gasteiger partial charge in [-0.1, -0.05) is 13.8 Å². The number of carboxylic acid groups (broad SMARTS) is 1. The number of thioether (sulfide) groups is 1. The second kappa shape index (κ2) is 10.8. The van der Waals surface area contributed by atoms with Crippen LogP contribution >= 0.6 is 11.8 Å². The molecule has 2 aromatic rings. The Labute approximate surface area is 178 Å². The minimum atomic E-state index is -5.08. The summed E-state index contributed by atoms with van der Waals surface area (Å²) in [5, 5.41) is 8.31. The molecule has 1 atom stereocenters. The van der Waals surface area contributed by atoms with Gasteiger partial charge in [-0.25, -0.2) is 14.8 Å². The first-order valence-electron chi connectivity index (χ1n) is 9.75. The first-order valence-corrected chi connectivity index (χ1v) is 11.0. The average Bonchev–Trinajstić information content (AvgIpc) is 3.19. The maximum Gasteiger partial charge on any atom is 0.490 e. The van der Waals surface area contributed by atoms with E-state index in [-0.39, 0.29) is 0 Å². The lowest BCUT2D eigenvalue weighted by atomic mass is 10.1. The molecule has 0 spiro atoms. The van der Waals surface area contributed by atoms with Gasteiger partial charge in [0.05, 0.1) is 5.52 Å². The molecule has 0 amide bonds. The summed E-state index contributed by atoms with van der Waals surface area (Å²) in [4.78, 5) is 24.2. The van der Waals surface area contributed by atoms with Crippen LogP contribution in [0.1, 0.15) is 20.3 Å². The van der Waals surface area contributed by atoms with Crippen molar-refractivity contribution in [3.8, 4) is 0 Å². The van der Waals surface area contributed by atoms with Crippen molar-refractivity contribution < 1.29 is 23.1 Å². The Morgan fingerprint density at radius 1 is 1.30 bits per heavy atom. The Morgan fingerprint density at radius 3 is 2.53 bits per heavy atom. The van der Waals surface area contributed by atoms with Crippen molar-refractivity contribution in [1.82, 2.24) is 14.9 Å². The van der Waals surface area contributed by atoms with E-state index in [4.69, 9.17) is 9.90 Å². The number of halogens is 3. The maximum absolute atomic E-state index is 10.6. The van der Waals surface area contributed by atoms with Crippen LogP contribution < -0.4 is 4.90 Å². The fraction of sp³-hybridized carbons (Fsp3) is 0.550. The number of anilines is 1. The summed E-state index contributed by atoms with van der Waals surface area (Å²) in [6, 6.07) is 6.47. The number of hydrogen-bond donors (Lipinski definition) is 1. The monoisotopic (exact) mass is 444 g/mol. The summed E-state index contributed by atoms with van der Waals surface area (Å²) in [5.41, 5.74) is 1.04. The number of carbonyl (C=O) groups is 1. The molecule has 3 rings (SSSR count). The van der Waals surface area contributed by atoms with Gasteiger partial charge in [-0.3, -0.25) is 0 Å². The fourth-order valence-corrected chi connectivity index (χ4v) is 3.86. The largest absolute Gasteiger partial charge is 0.490 e. The third-order valence-electron chi connectivity index (χ3n) is 5.06. The molecular formula is C20H27F3N4O2S. The van der Waals surface area contributed by atoms with Crippen LogP contribution in [0.4, 0.5) is 19.0 Å². The maximum atomic E-state index is 10.6. The Kier molecular flexibility index (Phi) is 8.72. The molecule has 1 aliphatic rings. The molecule has 1 aromatic heterocycles. The van der Waals surface area contributed by atoms with E-state index in [9.17, 15) is 13.2 Å². The molecule has 0 saturated carbocycles. The normalized spacial score (nSPS) is 16.6. The summed E-state index contributed by atoms with van der Waals surface area (Å²) in [6.07, 6.45) is -0.0149. The highest BCUT2D eigenvalue weighted by Crippen LogP contribution is 2.30. The van der Waals surface area contributed by atoms with Crippen molar-refractivity contribution in [3.63, 3.8) is 0 Å². The van der Waals surface area contributed by atoms with Gasteiger partial charge in [-0.15, -0.1) is 11.8 Å². The van der Waals surface area contributed by atoms with E-state index >= 15 is 0 Å². The number of aliphatic carboxylic acids is 1. The summed E-state index contributed by atoms with van der Waals surface area (Å²) < 4.78 is 31.7. The van der Waals surface area contributed by atoms with Crippen LogP contribution in [0.15, 0.2) is 29.4 Å². The molecule has 2 heterocycles. The second-order valence-corrected chi connectivity index (χ2v) is 7.85. The van der Waals surface area contributed by atoms with Gasteiger partial charge in [-0.2, -0.15) is 13.2 Å². The van der Waals surface area contributed by atoms with Crippen molar-refractivity contribution in [2.45, 2.75) is 31.3 Å². The lowest BCUT2D eigenvalue weighted by molar-refractivity contribution is -0.192. The van der Waals surface area contributed by atoms with Gasteiger partial charge in [0, 0.05) is 29.9 Å². The van der Waals surface area contributed by atoms with Gasteiger partial charge in [0.25, 0.3) is 0 Å². The van der Waals surface area contributed by atoms with Crippen molar-refractivity contribution in [2.24, 2.45) is 5.92 Å². The van der Waals surface area contributed by atoms with Gasteiger partial charge in [-0.05, 0) is 49.9 Å². The van der Waals surface area contributed by atoms with Crippen LogP contribution in [0, 0.1) is 5.92 Å². The van der Waals surface area contributed by atoms with Crippen LogP contribution in [0.25, 0.3) is 10.9 Å². The van der Waals surface area contributed by atoms with Crippen molar-refractivity contribution in [1.29, 1.82) is 0 Å². The van der Waals surface area contributed by atoms with Crippen LogP contribution in [-0.4, -0.2) is 71.1 Å². The van der Waals surface area contributed by atoms with Gasteiger partial charge < -0.3 is 14.9 Å².